The standard InChI is InChI=1S/C22H32N2O3/c1-16-9-10-17-5-2-3-7-19(17)23(16)12-11-22(26)24-13-14-27-15-20(24)18-6-4-8-21(18)25/h2-3,5,7,16,18,20-21,25H,4,6,8-15H2,1H3. The van der Waals surface area contributed by atoms with Crippen LogP contribution < -0.4 is 4.90 Å². The Bertz CT molecular complexity index is 665. The number of aliphatic hydroxyl groups excluding tert-OH is 1. The zero-order valence-electron chi connectivity index (χ0n) is 16.3. The van der Waals surface area contributed by atoms with Crippen LogP contribution in [0.4, 0.5) is 5.69 Å². The molecule has 1 saturated heterocycles. The summed E-state index contributed by atoms with van der Waals surface area (Å²) in [7, 11) is 0. The number of rotatable bonds is 4. The van der Waals surface area contributed by atoms with Gasteiger partial charge in [-0.2, -0.15) is 0 Å². The van der Waals surface area contributed by atoms with E-state index in [0.717, 1.165) is 38.6 Å². The second-order valence-electron chi connectivity index (χ2n) is 8.35. The number of amides is 1. The van der Waals surface area contributed by atoms with Crippen molar-refractivity contribution in [1.29, 1.82) is 0 Å². The van der Waals surface area contributed by atoms with E-state index in [1.165, 1.54) is 11.3 Å². The van der Waals surface area contributed by atoms with Crippen molar-refractivity contribution in [3.05, 3.63) is 29.8 Å². The third kappa shape index (κ3) is 3.85. The molecule has 5 heteroatoms. The maximum absolute atomic E-state index is 13.1. The largest absolute Gasteiger partial charge is 0.393 e. The van der Waals surface area contributed by atoms with Crippen LogP contribution in [0.5, 0.6) is 0 Å². The molecule has 1 aromatic rings. The molecule has 0 bridgehead atoms. The van der Waals surface area contributed by atoms with Gasteiger partial charge in [-0.05, 0) is 44.2 Å². The van der Waals surface area contributed by atoms with Crippen molar-refractivity contribution in [2.24, 2.45) is 5.92 Å². The van der Waals surface area contributed by atoms with Gasteiger partial charge in [0, 0.05) is 37.2 Å². The van der Waals surface area contributed by atoms with Crippen molar-refractivity contribution in [3.8, 4) is 0 Å². The second-order valence-corrected chi connectivity index (χ2v) is 8.35. The number of nitrogens with zero attached hydrogens (tertiary/aromatic N) is 2. The van der Waals surface area contributed by atoms with Crippen molar-refractivity contribution >= 4 is 11.6 Å². The Morgan fingerprint density at radius 1 is 1.26 bits per heavy atom. The summed E-state index contributed by atoms with van der Waals surface area (Å²) in [6.45, 7) is 4.84. The quantitative estimate of drug-likeness (QED) is 0.883. The molecule has 5 nitrogen and oxygen atoms in total. The van der Waals surface area contributed by atoms with E-state index in [2.05, 4.69) is 36.1 Å². The van der Waals surface area contributed by atoms with Gasteiger partial charge in [-0.15, -0.1) is 0 Å². The molecule has 3 aliphatic rings. The SMILES string of the molecule is CC1CCc2ccccc2N1CCC(=O)N1CCOCC1C1CCCC1O. The molecule has 0 radical (unpaired) electrons. The fourth-order valence-corrected chi connectivity index (χ4v) is 5.17. The van der Waals surface area contributed by atoms with E-state index in [0.29, 0.717) is 32.2 Å². The molecule has 2 heterocycles. The summed E-state index contributed by atoms with van der Waals surface area (Å²) in [5.41, 5.74) is 2.68. The Morgan fingerprint density at radius 2 is 2.11 bits per heavy atom. The maximum atomic E-state index is 13.1. The van der Waals surface area contributed by atoms with Crippen LogP contribution in [0.15, 0.2) is 24.3 Å². The van der Waals surface area contributed by atoms with E-state index < -0.39 is 0 Å². The molecule has 1 aromatic carbocycles. The highest BCUT2D eigenvalue weighted by molar-refractivity contribution is 5.77. The van der Waals surface area contributed by atoms with Crippen molar-refractivity contribution in [2.45, 2.75) is 63.6 Å². The van der Waals surface area contributed by atoms with Crippen LogP contribution in [0.2, 0.25) is 0 Å². The number of anilines is 1. The molecule has 0 aromatic heterocycles. The first-order chi connectivity index (χ1) is 13.1. The van der Waals surface area contributed by atoms with E-state index in [-0.39, 0.29) is 24.0 Å². The Hall–Kier alpha value is -1.59. The molecule has 1 aliphatic carbocycles. The van der Waals surface area contributed by atoms with Crippen molar-refractivity contribution in [2.75, 3.05) is 31.2 Å². The van der Waals surface area contributed by atoms with Gasteiger partial charge in [0.1, 0.15) is 0 Å². The monoisotopic (exact) mass is 372 g/mol. The van der Waals surface area contributed by atoms with Gasteiger partial charge in [0.2, 0.25) is 5.91 Å². The first kappa shape index (κ1) is 18.8. The number of hydrogen-bond donors (Lipinski definition) is 1. The Balaban J connectivity index is 1.42. The van der Waals surface area contributed by atoms with E-state index in [9.17, 15) is 9.90 Å². The summed E-state index contributed by atoms with van der Waals surface area (Å²) >= 11 is 0. The first-order valence-corrected chi connectivity index (χ1v) is 10.5. The lowest BCUT2D eigenvalue weighted by molar-refractivity contribution is -0.143. The van der Waals surface area contributed by atoms with E-state index in [4.69, 9.17) is 4.74 Å². The van der Waals surface area contributed by atoms with Gasteiger partial charge >= 0.3 is 0 Å². The summed E-state index contributed by atoms with van der Waals surface area (Å²) in [5.74, 6) is 0.376. The number of morpholine rings is 1. The normalized spacial score (nSPS) is 31.0. The molecule has 4 atom stereocenters. The highest BCUT2D eigenvalue weighted by atomic mass is 16.5. The number of aliphatic hydroxyl groups is 1. The van der Waals surface area contributed by atoms with Crippen LogP contribution in [-0.2, 0) is 16.0 Å². The zero-order valence-corrected chi connectivity index (χ0v) is 16.3. The highest BCUT2D eigenvalue weighted by Crippen LogP contribution is 2.33. The predicted molar refractivity (Wildman–Crippen MR) is 106 cm³/mol. The smallest absolute Gasteiger partial charge is 0.224 e. The molecule has 27 heavy (non-hydrogen) atoms. The molecule has 1 saturated carbocycles. The number of carbonyl (C=O) groups is 1. The fourth-order valence-electron chi connectivity index (χ4n) is 5.17. The van der Waals surface area contributed by atoms with Crippen LogP contribution in [0.25, 0.3) is 0 Å². The van der Waals surface area contributed by atoms with E-state index in [1.807, 2.05) is 4.90 Å². The molecule has 1 amide bonds. The minimum Gasteiger partial charge on any atom is -0.393 e. The van der Waals surface area contributed by atoms with E-state index >= 15 is 0 Å². The third-order valence-electron chi connectivity index (χ3n) is 6.74. The molecule has 1 N–H and O–H groups in total. The van der Waals surface area contributed by atoms with Gasteiger partial charge in [-0.3, -0.25) is 4.79 Å². The number of ether oxygens (including phenoxy) is 1. The van der Waals surface area contributed by atoms with E-state index in [1.54, 1.807) is 0 Å². The lowest BCUT2D eigenvalue weighted by Gasteiger charge is -2.41. The number of benzene rings is 1. The maximum Gasteiger partial charge on any atom is 0.224 e. The minimum atomic E-state index is -0.291. The summed E-state index contributed by atoms with van der Waals surface area (Å²) in [5, 5.41) is 10.3. The molecule has 2 fully saturated rings. The zero-order chi connectivity index (χ0) is 18.8. The number of carbonyl (C=O) groups excluding carboxylic acids is 1. The third-order valence-corrected chi connectivity index (χ3v) is 6.74. The summed E-state index contributed by atoms with van der Waals surface area (Å²) in [6.07, 6.45) is 5.39. The van der Waals surface area contributed by atoms with Gasteiger partial charge in [-0.1, -0.05) is 24.6 Å². The van der Waals surface area contributed by atoms with Crippen molar-refractivity contribution < 1.29 is 14.6 Å². The average Bonchev–Trinajstić information content (AvgIpc) is 3.12. The van der Waals surface area contributed by atoms with Crippen LogP contribution in [0.3, 0.4) is 0 Å². The Kier molecular flexibility index (Phi) is 5.69. The number of para-hydroxylation sites is 1. The number of aryl methyl sites for hydroxylation is 1. The van der Waals surface area contributed by atoms with Crippen molar-refractivity contribution in [3.63, 3.8) is 0 Å². The second kappa shape index (κ2) is 8.19. The Labute approximate surface area is 162 Å². The molecule has 0 spiro atoms. The molecular formula is C22H32N2O3. The van der Waals surface area contributed by atoms with Crippen molar-refractivity contribution in [1.82, 2.24) is 4.90 Å². The van der Waals surface area contributed by atoms with Gasteiger partial charge in [0.15, 0.2) is 0 Å². The number of hydrogen-bond acceptors (Lipinski definition) is 4. The summed E-state index contributed by atoms with van der Waals surface area (Å²) in [4.78, 5) is 17.5. The van der Waals surface area contributed by atoms with Crippen LogP contribution in [-0.4, -0.2) is 60.4 Å². The summed E-state index contributed by atoms with van der Waals surface area (Å²) < 4.78 is 5.67. The minimum absolute atomic E-state index is 0.0369. The molecule has 2 aliphatic heterocycles. The van der Waals surface area contributed by atoms with Crippen LogP contribution >= 0.6 is 0 Å². The molecule has 4 unspecified atom stereocenters. The van der Waals surface area contributed by atoms with Gasteiger partial charge < -0.3 is 19.6 Å². The lowest BCUT2D eigenvalue weighted by atomic mass is 9.93. The fraction of sp³-hybridized carbons (Fsp3) is 0.682. The average molecular weight is 373 g/mol. The Morgan fingerprint density at radius 3 is 2.93 bits per heavy atom. The molecular weight excluding hydrogens is 340 g/mol. The summed E-state index contributed by atoms with van der Waals surface area (Å²) in [6, 6.07) is 9.08. The number of fused-ring (bicyclic) bond motifs is 1. The van der Waals surface area contributed by atoms with Crippen LogP contribution in [0, 0.1) is 5.92 Å². The van der Waals surface area contributed by atoms with Crippen LogP contribution in [0.1, 0.15) is 44.6 Å². The highest BCUT2D eigenvalue weighted by Gasteiger charge is 2.39. The molecule has 4 rings (SSSR count). The molecule has 148 valence electrons. The first-order valence-electron chi connectivity index (χ1n) is 10.5. The van der Waals surface area contributed by atoms with Gasteiger partial charge in [0.05, 0.1) is 25.4 Å². The topological polar surface area (TPSA) is 53.0 Å². The lowest BCUT2D eigenvalue weighted by Crippen LogP contribution is -2.54. The van der Waals surface area contributed by atoms with Gasteiger partial charge in [-0.25, -0.2) is 0 Å². The predicted octanol–water partition coefficient (Wildman–Crippen LogP) is 2.61. The van der Waals surface area contributed by atoms with Gasteiger partial charge in [0.25, 0.3) is 0 Å².